The third-order valence-electron chi connectivity index (χ3n) is 3.97. The number of carbonyl (C=O) groups excluding carboxylic acids is 6. The molecule has 0 unspecified atom stereocenters. The van der Waals surface area contributed by atoms with Gasteiger partial charge in [-0.2, -0.15) is 0 Å². The molecule has 0 saturated heterocycles. The lowest BCUT2D eigenvalue weighted by Crippen LogP contribution is -2.33. The first-order valence-electron chi connectivity index (χ1n) is 8.77. The summed E-state index contributed by atoms with van der Waals surface area (Å²) >= 11 is 0. The lowest BCUT2D eigenvalue weighted by atomic mass is 10.2. The summed E-state index contributed by atoms with van der Waals surface area (Å²) in [6.07, 6.45) is 5.61. The molecule has 2 aliphatic heterocycles. The van der Waals surface area contributed by atoms with E-state index in [9.17, 15) is 28.8 Å². The number of esters is 2. The molecule has 28 heavy (non-hydrogen) atoms. The molecule has 0 aliphatic carbocycles. The Labute approximate surface area is 160 Å². The van der Waals surface area contributed by atoms with E-state index in [4.69, 9.17) is 9.47 Å². The van der Waals surface area contributed by atoms with Gasteiger partial charge in [0.05, 0.1) is 13.1 Å². The summed E-state index contributed by atoms with van der Waals surface area (Å²) in [7, 11) is 0. The van der Waals surface area contributed by atoms with Crippen LogP contribution in [0.5, 0.6) is 0 Å². The van der Waals surface area contributed by atoms with Crippen molar-refractivity contribution >= 4 is 35.6 Å². The minimum atomic E-state index is -0.487. The van der Waals surface area contributed by atoms with Crippen molar-refractivity contribution in [2.24, 2.45) is 0 Å². The van der Waals surface area contributed by atoms with E-state index in [1.807, 2.05) is 0 Å². The SMILES string of the molecule is O=C(CCCCC(=O)OCCN1C(=O)C=CC1=O)OCCN1C(=O)C=CC1=O. The lowest BCUT2D eigenvalue weighted by molar-refractivity contribution is -0.148. The first kappa shape index (κ1) is 21.0. The van der Waals surface area contributed by atoms with Crippen molar-refractivity contribution < 1.29 is 38.2 Å². The molecule has 0 bridgehead atoms. The van der Waals surface area contributed by atoms with E-state index in [-0.39, 0.29) is 39.1 Å². The Kier molecular flexibility index (Phi) is 7.61. The Hall–Kier alpha value is -3.30. The predicted molar refractivity (Wildman–Crippen MR) is 92.1 cm³/mol. The molecule has 150 valence electrons. The molecule has 0 aromatic rings. The highest BCUT2D eigenvalue weighted by Crippen LogP contribution is 2.06. The number of hydrogen-bond donors (Lipinski definition) is 0. The highest BCUT2D eigenvalue weighted by Gasteiger charge is 2.24. The molecule has 2 rings (SSSR count). The maximum atomic E-state index is 11.6. The second kappa shape index (κ2) is 10.1. The van der Waals surface area contributed by atoms with Crippen LogP contribution in [0.2, 0.25) is 0 Å². The van der Waals surface area contributed by atoms with Crippen molar-refractivity contribution in [1.82, 2.24) is 9.80 Å². The van der Waals surface area contributed by atoms with Crippen LogP contribution in [-0.2, 0) is 38.2 Å². The fourth-order valence-corrected chi connectivity index (χ4v) is 2.49. The van der Waals surface area contributed by atoms with Gasteiger partial charge in [-0.3, -0.25) is 38.6 Å². The summed E-state index contributed by atoms with van der Waals surface area (Å²) in [5, 5.41) is 0. The standard InChI is InChI=1S/C18H20N2O8/c21-13-5-6-14(22)19(13)9-11-27-17(25)3-1-2-4-18(26)28-12-10-20-15(23)7-8-16(20)24/h5-8H,1-4,9-12H2. The third kappa shape index (κ3) is 6.15. The normalized spacial score (nSPS) is 15.7. The van der Waals surface area contributed by atoms with Crippen molar-refractivity contribution in [3.05, 3.63) is 24.3 Å². The van der Waals surface area contributed by atoms with E-state index >= 15 is 0 Å². The zero-order chi connectivity index (χ0) is 20.5. The van der Waals surface area contributed by atoms with Gasteiger partial charge in [-0.05, 0) is 12.8 Å². The molecule has 2 aliphatic rings. The molecule has 0 saturated carbocycles. The van der Waals surface area contributed by atoms with Crippen molar-refractivity contribution in [1.29, 1.82) is 0 Å². The fraction of sp³-hybridized carbons (Fsp3) is 0.444. The molecular weight excluding hydrogens is 372 g/mol. The van der Waals surface area contributed by atoms with Crippen molar-refractivity contribution in [2.75, 3.05) is 26.3 Å². The number of ether oxygens (including phenoxy) is 2. The van der Waals surface area contributed by atoms with Crippen LogP contribution >= 0.6 is 0 Å². The molecule has 0 radical (unpaired) electrons. The molecule has 0 N–H and O–H groups in total. The Morgan fingerprint density at radius 2 is 0.964 bits per heavy atom. The van der Waals surface area contributed by atoms with Crippen LogP contribution in [0.25, 0.3) is 0 Å². The number of carbonyl (C=O) groups is 6. The second-order valence-corrected chi connectivity index (χ2v) is 5.97. The molecule has 0 aromatic carbocycles. The quantitative estimate of drug-likeness (QED) is 0.261. The van der Waals surface area contributed by atoms with Crippen LogP contribution in [0.4, 0.5) is 0 Å². The minimum Gasteiger partial charge on any atom is -0.464 e. The number of nitrogens with zero attached hydrogens (tertiary/aromatic N) is 2. The Morgan fingerprint density at radius 3 is 1.29 bits per heavy atom. The van der Waals surface area contributed by atoms with Gasteiger partial charge < -0.3 is 9.47 Å². The van der Waals surface area contributed by atoms with Gasteiger partial charge in [0.2, 0.25) is 0 Å². The summed E-state index contributed by atoms with van der Waals surface area (Å²) in [5.74, 6) is -2.72. The zero-order valence-electron chi connectivity index (χ0n) is 15.1. The largest absolute Gasteiger partial charge is 0.464 e. The van der Waals surface area contributed by atoms with E-state index < -0.39 is 35.6 Å². The third-order valence-corrected chi connectivity index (χ3v) is 3.97. The van der Waals surface area contributed by atoms with E-state index in [1.165, 1.54) is 0 Å². The van der Waals surface area contributed by atoms with Gasteiger partial charge >= 0.3 is 11.9 Å². The number of rotatable bonds is 11. The molecule has 10 heteroatoms. The smallest absolute Gasteiger partial charge is 0.305 e. The minimum absolute atomic E-state index is 0.000274. The Morgan fingerprint density at radius 1 is 0.643 bits per heavy atom. The average molecular weight is 392 g/mol. The van der Waals surface area contributed by atoms with Crippen LogP contribution in [0.3, 0.4) is 0 Å². The molecule has 0 aromatic heterocycles. The number of imide groups is 2. The molecule has 10 nitrogen and oxygen atoms in total. The average Bonchev–Trinajstić information content (AvgIpc) is 3.15. The lowest BCUT2D eigenvalue weighted by Gasteiger charge is -2.13. The topological polar surface area (TPSA) is 127 Å². The monoisotopic (exact) mass is 392 g/mol. The number of unbranched alkanes of at least 4 members (excludes halogenated alkanes) is 1. The summed E-state index contributed by atoms with van der Waals surface area (Å²) in [5.41, 5.74) is 0. The molecule has 4 amide bonds. The highest BCUT2D eigenvalue weighted by atomic mass is 16.5. The number of amides is 4. The Bertz CT molecular complexity index is 642. The van der Waals surface area contributed by atoms with E-state index in [1.54, 1.807) is 0 Å². The van der Waals surface area contributed by atoms with Gasteiger partial charge in [0.1, 0.15) is 13.2 Å². The van der Waals surface area contributed by atoms with E-state index in [0.717, 1.165) is 34.1 Å². The van der Waals surface area contributed by atoms with Crippen molar-refractivity contribution in [3.8, 4) is 0 Å². The van der Waals surface area contributed by atoms with Gasteiger partial charge in [0.25, 0.3) is 23.6 Å². The van der Waals surface area contributed by atoms with Crippen LogP contribution in [0.1, 0.15) is 25.7 Å². The predicted octanol–water partition coefficient (Wildman–Crippen LogP) is -0.517. The van der Waals surface area contributed by atoms with Gasteiger partial charge in [-0.25, -0.2) is 0 Å². The fourth-order valence-electron chi connectivity index (χ4n) is 2.49. The first-order chi connectivity index (χ1) is 13.4. The highest BCUT2D eigenvalue weighted by molar-refractivity contribution is 6.13. The van der Waals surface area contributed by atoms with E-state index in [2.05, 4.69) is 0 Å². The van der Waals surface area contributed by atoms with Crippen LogP contribution in [-0.4, -0.2) is 71.7 Å². The van der Waals surface area contributed by atoms with Crippen LogP contribution < -0.4 is 0 Å². The number of hydrogen-bond acceptors (Lipinski definition) is 8. The molecule has 0 fully saturated rings. The first-order valence-corrected chi connectivity index (χ1v) is 8.77. The van der Waals surface area contributed by atoms with Gasteiger partial charge in [-0.15, -0.1) is 0 Å². The van der Waals surface area contributed by atoms with Crippen LogP contribution in [0.15, 0.2) is 24.3 Å². The summed E-state index contributed by atoms with van der Waals surface area (Å²) < 4.78 is 9.89. The van der Waals surface area contributed by atoms with Gasteiger partial charge in [-0.1, -0.05) is 0 Å². The summed E-state index contributed by atoms with van der Waals surface area (Å²) in [6, 6.07) is 0. The Balaban J connectivity index is 1.47. The van der Waals surface area contributed by atoms with Gasteiger partial charge in [0.15, 0.2) is 0 Å². The molecular formula is C18H20N2O8. The summed E-state index contributed by atoms with van der Waals surface area (Å²) in [6.45, 7) is -0.160. The van der Waals surface area contributed by atoms with Crippen molar-refractivity contribution in [3.63, 3.8) is 0 Å². The maximum absolute atomic E-state index is 11.6. The molecule has 0 spiro atoms. The second-order valence-electron chi connectivity index (χ2n) is 5.97. The molecule has 0 atom stereocenters. The zero-order valence-corrected chi connectivity index (χ0v) is 15.1. The van der Waals surface area contributed by atoms with Gasteiger partial charge in [0, 0.05) is 37.1 Å². The maximum Gasteiger partial charge on any atom is 0.305 e. The van der Waals surface area contributed by atoms with Crippen LogP contribution in [0, 0.1) is 0 Å². The van der Waals surface area contributed by atoms with Crippen molar-refractivity contribution in [2.45, 2.75) is 25.7 Å². The molecule has 2 heterocycles. The summed E-state index contributed by atoms with van der Waals surface area (Å²) in [4.78, 5) is 70.4. The van der Waals surface area contributed by atoms with E-state index in [0.29, 0.717) is 12.8 Å².